The van der Waals surface area contributed by atoms with Gasteiger partial charge in [-0.2, -0.15) is 5.10 Å². The predicted octanol–water partition coefficient (Wildman–Crippen LogP) is 3.22. The number of pyridine rings is 1. The third-order valence-electron chi connectivity index (χ3n) is 4.56. The van der Waals surface area contributed by atoms with E-state index in [0.717, 1.165) is 16.8 Å². The SMILES string of the molecule is Cc1ccc(CC(=O)C(C)n2nc(C)cc(Cc3ccccn3)c2=O)cc1. The molecule has 27 heavy (non-hydrogen) atoms. The largest absolute Gasteiger partial charge is 0.297 e. The quantitative estimate of drug-likeness (QED) is 0.676. The number of carbonyl (C=O) groups is 1. The smallest absolute Gasteiger partial charge is 0.271 e. The molecule has 0 saturated heterocycles. The Kier molecular flexibility index (Phi) is 5.60. The molecule has 0 radical (unpaired) electrons. The zero-order chi connectivity index (χ0) is 19.4. The Balaban J connectivity index is 1.85. The Bertz CT molecular complexity index is 992. The Morgan fingerprint density at radius 3 is 2.52 bits per heavy atom. The van der Waals surface area contributed by atoms with Crippen LogP contribution in [0.15, 0.2) is 59.5 Å². The zero-order valence-electron chi connectivity index (χ0n) is 15.8. The second-order valence-corrected chi connectivity index (χ2v) is 6.86. The van der Waals surface area contributed by atoms with Crippen molar-refractivity contribution in [3.8, 4) is 0 Å². The Morgan fingerprint density at radius 2 is 1.85 bits per heavy atom. The standard InChI is InChI=1S/C22H23N3O2/c1-15-7-9-18(10-8-15)13-21(26)17(3)25-22(27)19(12-16(2)24-25)14-20-6-4-5-11-23-20/h4-12,17H,13-14H2,1-3H3. The van der Waals surface area contributed by atoms with Gasteiger partial charge in [0.1, 0.15) is 6.04 Å². The molecule has 0 bridgehead atoms. The molecule has 1 unspecified atom stereocenters. The first kappa shape index (κ1) is 18.7. The number of rotatable bonds is 6. The van der Waals surface area contributed by atoms with E-state index >= 15 is 0 Å². The molecule has 2 heterocycles. The maximum absolute atomic E-state index is 12.9. The van der Waals surface area contributed by atoms with E-state index in [0.29, 0.717) is 17.7 Å². The second kappa shape index (κ2) is 8.08. The molecule has 0 N–H and O–H groups in total. The number of aromatic nitrogens is 3. The highest BCUT2D eigenvalue weighted by atomic mass is 16.1. The van der Waals surface area contributed by atoms with Crippen molar-refractivity contribution >= 4 is 5.78 Å². The van der Waals surface area contributed by atoms with Gasteiger partial charge in [-0.25, -0.2) is 4.68 Å². The number of ketones is 1. The van der Waals surface area contributed by atoms with Gasteiger partial charge in [-0.15, -0.1) is 0 Å². The lowest BCUT2D eigenvalue weighted by Gasteiger charge is -2.15. The molecule has 138 valence electrons. The van der Waals surface area contributed by atoms with Crippen molar-refractivity contribution in [3.63, 3.8) is 0 Å². The van der Waals surface area contributed by atoms with Gasteiger partial charge in [0.25, 0.3) is 5.56 Å². The average Bonchev–Trinajstić information content (AvgIpc) is 2.66. The molecule has 0 spiro atoms. The third kappa shape index (κ3) is 4.56. The molecule has 0 aliphatic carbocycles. The lowest BCUT2D eigenvalue weighted by atomic mass is 10.0. The van der Waals surface area contributed by atoms with Crippen LogP contribution in [-0.4, -0.2) is 20.5 Å². The minimum atomic E-state index is -0.624. The lowest BCUT2D eigenvalue weighted by Crippen LogP contribution is -2.33. The van der Waals surface area contributed by atoms with E-state index in [9.17, 15) is 9.59 Å². The van der Waals surface area contributed by atoms with Crippen LogP contribution in [0.5, 0.6) is 0 Å². The molecule has 5 heteroatoms. The molecule has 1 aromatic carbocycles. The van der Waals surface area contributed by atoms with Gasteiger partial charge in [0.2, 0.25) is 0 Å². The van der Waals surface area contributed by atoms with E-state index in [1.54, 1.807) is 19.2 Å². The summed E-state index contributed by atoms with van der Waals surface area (Å²) >= 11 is 0. The maximum atomic E-state index is 12.9. The molecule has 0 amide bonds. The molecule has 3 aromatic rings. The van der Waals surface area contributed by atoms with E-state index in [2.05, 4.69) is 10.1 Å². The molecule has 0 aliphatic rings. The Morgan fingerprint density at radius 1 is 1.11 bits per heavy atom. The van der Waals surface area contributed by atoms with Crippen molar-refractivity contribution in [2.75, 3.05) is 0 Å². The van der Waals surface area contributed by atoms with Crippen LogP contribution in [0.25, 0.3) is 0 Å². The number of hydrogen-bond acceptors (Lipinski definition) is 4. The molecule has 2 aromatic heterocycles. The van der Waals surface area contributed by atoms with E-state index in [1.165, 1.54) is 4.68 Å². The molecule has 3 rings (SSSR count). The summed E-state index contributed by atoms with van der Waals surface area (Å²) in [6, 6.07) is 14.6. The summed E-state index contributed by atoms with van der Waals surface area (Å²) in [6.45, 7) is 5.57. The average molecular weight is 361 g/mol. The van der Waals surface area contributed by atoms with E-state index in [4.69, 9.17) is 0 Å². The van der Waals surface area contributed by atoms with Crippen LogP contribution in [0.3, 0.4) is 0 Å². The van der Waals surface area contributed by atoms with Crippen LogP contribution in [0, 0.1) is 13.8 Å². The number of hydrogen-bond donors (Lipinski definition) is 0. The van der Waals surface area contributed by atoms with Gasteiger partial charge in [0.05, 0.1) is 5.69 Å². The van der Waals surface area contributed by atoms with Gasteiger partial charge in [-0.05, 0) is 44.5 Å². The van der Waals surface area contributed by atoms with Gasteiger partial charge >= 0.3 is 0 Å². The number of nitrogens with zero attached hydrogens (tertiary/aromatic N) is 3. The van der Waals surface area contributed by atoms with Crippen molar-refractivity contribution in [1.29, 1.82) is 0 Å². The summed E-state index contributed by atoms with van der Waals surface area (Å²) in [5.41, 5.74) is 3.95. The second-order valence-electron chi connectivity index (χ2n) is 6.86. The minimum absolute atomic E-state index is 0.0390. The predicted molar refractivity (Wildman–Crippen MR) is 105 cm³/mol. The highest BCUT2D eigenvalue weighted by molar-refractivity contribution is 5.84. The fourth-order valence-electron chi connectivity index (χ4n) is 2.98. The first-order chi connectivity index (χ1) is 12.9. The summed E-state index contributed by atoms with van der Waals surface area (Å²) in [5, 5.41) is 4.31. The highest BCUT2D eigenvalue weighted by Crippen LogP contribution is 2.12. The van der Waals surface area contributed by atoms with Crippen LogP contribution in [0.2, 0.25) is 0 Å². The zero-order valence-corrected chi connectivity index (χ0v) is 15.8. The number of carbonyl (C=O) groups excluding carboxylic acids is 1. The third-order valence-corrected chi connectivity index (χ3v) is 4.56. The van der Waals surface area contributed by atoms with Crippen molar-refractivity contribution < 1.29 is 4.79 Å². The van der Waals surface area contributed by atoms with Crippen LogP contribution < -0.4 is 5.56 Å². The minimum Gasteiger partial charge on any atom is -0.297 e. The number of benzene rings is 1. The first-order valence-electron chi connectivity index (χ1n) is 9.01. The van der Waals surface area contributed by atoms with Crippen LogP contribution in [0.4, 0.5) is 0 Å². The fourth-order valence-corrected chi connectivity index (χ4v) is 2.98. The van der Waals surface area contributed by atoms with Crippen LogP contribution in [0.1, 0.15) is 41.0 Å². The molecule has 5 nitrogen and oxygen atoms in total. The van der Waals surface area contributed by atoms with Crippen molar-refractivity contribution in [2.45, 2.75) is 39.7 Å². The normalized spacial score (nSPS) is 12.0. The molecule has 0 aliphatic heterocycles. The molecular formula is C22H23N3O2. The topological polar surface area (TPSA) is 64.8 Å². The number of aryl methyl sites for hydroxylation is 2. The molecule has 0 fully saturated rings. The van der Waals surface area contributed by atoms with Gasteiger partial charge in [-0.3, -0.25) is 14.6 Å². The summed E-state index contributed by atoms with van der Waals surface area (Å²) in [7, 11) is 0. The monoisotopic (exact) mass is 361 g/mol. The molecule has 1 atom stereocenters. The van der Waals surface area contributed by atoms with Gasteiger partial charge < -0.3 is 0 Å². The summed E-state index contributed by atoms with van der Waals surface area (Å²) < 4.78 is 1.31. The van der Waals surface area contributed by atoms with Crippen molar-refractivity contribution in [1.82, 2.24) is 14.8 Å². The van der Waals surface area contributed by atoms with Crippen LogP contribution >= 0.6 is 0 Å². The summed E-state index contributed by atoms with van der Waals surface area (Å²) in [5.74, 6) is -0.0390. The Hall–Kier alpha value is -3.08. The van der Waals surface area contributed by atoms with Gasteiger partial charge in [-0.1, -0.05) is 35.9 Å². The highest BCUT2D eigenvalue weighted by Gasteiger charge is 2.20. The first-order valence-corrected chi connectivity index (χ1v) is 9.01. The molecule has 0 saturated carbocycles. The number of Topliss-reactive ketones (excluding diaryl/α,β-unsaturated/α-hetero) is 1. The maximum Gasteiger partial charge on any atom is 0.271 e. The fraction of sp³-hybridized carbons (Fsp3) is 0.273. The van der Waals surface area contributed by atoms with E-state index in [1.807, 2.05) is 56.3 Å². The van der Waals surface area contributed by atoms with E-state index in [-0.39, 0.29) is 17.8 Å². The van der Waals surface area contributed by atoms with Crippen molar-refractivity contribution in [3.05, 3.63) is 93.2 Å². The lowest BCUT2D eigenvalue weighted by molar-refractivity contribution is -0.121. The molecular weight excluding hydrogens is 338 g/mol. The van der Waals surface area contributed by atoms with Crippen LogP contribution in [-0.2, 0) is 17.6 Å². The summed E-state index contributed by atoms with van der Waals surface area (Å²) in [6.07, 6.45) is 2.40. The van der Waals surface area contributed by atoms with Gasteiger partial charge in [0.15, 0.2) is 5.78 Å². The Labute approximate surface area is 158 Å². The van der Waals surface area contributed by atoms with E-state index < -0.39 is 6.04 Å². The van der Waals surface area contributed by atoms with Crippen molar-refractivity contribution in [2.24, 2.45) is 0 Å². The summed E-state index contributed by atoms with van der Waals surface area (Å²) in [4.78, 5) is 29.9. The van der Waals surface area contributed by atoms with Gasteiger partial charge in [0, 0.05) is 30.3 Å².